The van der Waals surface area contributed by atoms with E-state index in [1.807, 2.05) is 0 Å². The van der Waals surface area contributed by atoms with E-state index in [-0.39, 0.29) is 13.8 Å². The molecule has 0 aromatic heterocycles. The molecular weight excluding hydrogens is 136 g/mol. The van der Waals surface area contributed by atoms with Gasteiger partial charge in [0.2, 0.25) is 0 Å². The number of methoxy groups -OCH3 is 2. The Morgan fingerprint density at radius 3 is 1.60 bits per heavy atom. The van der Waals surface area contributed by atoms with Crippen molar-refractivity contribution in [2.75, 3.05) is 14.2 Å². The molecule has 0 radical (unpaired) electrons. The van der Waals surface area contributed by atoms with E-state index in [4.69, 9.17) is 0 Å². The molecule has 0 atom stereocenters. The van der Waals surface area contributed by atoms with Crippen molar-refractivity contribution in [3.8, 4) is 0 Å². The fraction of sp³-hybridized carbons (Fsp3) is 0.667. The lowest BCUT2D eigenvalue weighted by Crippen LogP contribution is -2.09. The molecule has 0 bridgehead atoms. The molecule has 0 N–H and O–H groups in total. The number of esters is 2. The summed E-state index contributed by atoms with van der Waals surface area (Å²) in [7, 11) is 2.43. The number of carbonyl (C=O) groups is 2. The molecule has 0 fully saturated rings. The summed E-state index contributed by atoms with van der Waals surface area (Å²) in [5, 5.41) is 0. The van der Waals surface area contributed by atoms with Crippen molar-refractivity contribution in [2.24, 2.45) is 0 Å². The molecule has 0 aromatic rings. The third-order valence-corrected chi connectivity index (χ3v) is 0.744. The maximum atomic E-state index is 10.3. The average molecular weight is 148 g/mol. The summed E-state index contributed by atoms with van der Waals surface area (Å²) < 4.78 is 8.37. The summed E-state index contributed by atoms with van der Waals surface area (Å²) in [6.07, 6.45) is -0.312. The molecule has 10 heavy (non-hydrogen) atoms. The van der Waals surface area contributed by atoms with Gasteiger partial charge in [-0.1, -0.05) is 7.43 Å². The van der Waals surface area contributed by atoms with Gasteiger partial charge in [0.25, 0.3) is 0 Å². The molecule has 60 valence electrons. The highest BCUT2D eigenvalue weighted by atomic mass is 16.5. The second kappa shape index (κ2) is 6.07. The van der Waals surface area contributed by atoms with Crippen molar-refractivity contribution in [3.63, 3.8) is 0 Å². The third-order valence-electron chi connectivity index (χ3n) is 0.744. The van der Waals surface area contributed by atoms with Gasteiger partial charge < -0.3 is 9.47 Å². The highest BCUT2D eigenvalue weighted by molar-refractivity contribution is 5.90. The van der Waals surface area contributed by atoms with Crippen molar-refractivity contribution in [1.29, 1.82) is 0 Å². The minimum Gasteiger partial charge on any atom is -0.469 e. The summed E-state index contributed by atoms with van der Waals surface area (Å²) in [5.74, 6) is -1.16. The monoisotopic (exact) mass is 148 g/mol. The maximum Gasteiger partial charge on any atom is 0.316 e. The Morgan fingerprint density at radius 2 is 1.40 bits per heavy atom. The van der Waals surface area contributed by atoms with Crippen LogP contribution in [-0.4, -0.2) is 26.2 Å². The third kappa shape index (κ3) is 5.08. The van der Waals surface area contributed by atoms with Crippen LogP contribution < -0.4 is 0 Å². The molecule has 0 rings (SSSR count). The van der Waals surface area contributed by atoms with Gasteiger partial charge in [-0.3, -0.25) is 9.59 Å². The van der Waals surface area contributed by atoms with Crippen molar-refractivity contribution in [3.05, 3.63) is 0 Å². The van der Waals surface area contributed by atoms with E-state index in [0.717, 1.165) is 0 Å². The highest BCUT2D eigenvalue weighted by Crippen LogP contribution is 1.85. The van der Waals surface area contributed by atoms with Crippen LogP contribution in [0.4, 0.5) is 0 Å². The zero-order valence-electron chi connectivity index (χ0n) is 5.34. The van der Waals surface area contributed by atoms with Gasteiger partial charge in [0.05, 0.1) is 14.2 Å². The quantitative estimate of drug-likeness (QED) is 0.419. The van der Waals surface area contributed by atoms with Crippen LogP contribution >= 0.6 is 0 Å². The second-order valence-corrected chi connectivity index (χ2v) is 1.33. The first-order valence-electron chi connectivity index (χ1n) is 2.34. The Morgan fingerprint density at radius 1 is 1.10 bits per heavy atom. The Bertz CT molecular complexity index is 105. The molecule has 4 nitrogen and oxygen atoms in total. The molecule has 0 aliphatic carbocycles. The van der Waals surface area contributed by atoms with E-state index in [9.17, 15) is 9.59 Å². The minimum atomic E-state index is -0.582. The Labute approximate surface area is 60.1 Å². The molecule has 0 saturated heterocycles. The molecule has 0 aliphatic heterocycles. The van der Waals surface area contributed by atoms with Crippen LogP contribution in [0.3, 0.4) is 0 Å². The van der Waals surface area contributed by atoms with E-state index < -0.39 is 11.9 Å². The fourth-order valence-corrected chi connectivity index (χ4v) is 0.262. The van der Waals surface area contributed by atoms with Crippen LogP contribution in [0.15, 0.2) is 0 Å². The smallest absolute Gasteiger partial charge is 0.316 e. The molecule has 0 aliphatic rings. The summed E-state index contributed by atoms with van der Waals surface area (Å²) in [4.78, 5) is 20.5. The van der Waals surface area contributed by atoms with Crippen LogP contribution in [0.25, 0.3) is 0 Å². The van der Waals surface area contributed by atoms with Gasteiger partial charge in [0.15, 0.2) is 0 Å². The van der Waals surface area contributed by atoms with Crippen molar-refractivity contribution in [2.45, 2.75) is 13.8 Å². The predicted molar refractivity (Wildman–Crippen MR) is 35.4 cm³/mol. The maximum absolute atomic E-state index is 10.3. The first-order valence-corrected chi connectivity index (χ1v) is 2.34. The normalized spacial score (nSPS) is 7.40. The SMILES string of the molecule is C.COC(=O)CC(=O)OC. The first kappa shape index (κ1) is 11.7. The first-order chi connectivity index (χ1) is 4.20. The second-order valence-electron chi connectivity index (χ2n) is 1.33. The summed E-state index contributed by atoms with van der Waals surface area (Å²) in [6.45, 7) is 0. The van der Waals surface area contributed by atoms with E-state index in [1.165, 1.54) is 14.2 Å². The van der Waals surface area contributed by atoms with Gasteiger partial charge >= 0.3 is 11.9 Å². The topological polar surface area (TPSA) is 52.6 Å². The Balaban J connectivity index is 0. The van der Waals surface area contributed by atoms with Crippen LogP contribution in [0, 0.1) is 0 Å². The molecule has 0 heterocycles. The lowest BCUT2D eigenvalue weighted by atomic mass is 10.4. The molecular formula is C6H12O4. The zero-order chi connectivity index (χ0) is 7.28. The largest absolute Gasteiger partial charge is 0.469 e. The van der Waals surface area contributed by atoms with Gasteiger partial charge in [-0.2, -0.15) is 0 Å². The van der Waals surface area contributed by atoms with Gasteiger partial charge in [-0.05, 0) is 0 Å². The van der Waals surface area contributed by atoms with E-state index in [1.54, 1.807) is 0 Å². The average Bonchev–Trinajstić information content (AvgIpc) is 1.87. The van der Waals surface area contributed by atoms with Crippen molar-refractivity contribution < 1.29 is 19.1 Å². The summed E-state index contributed by atoms with van der Waals surface area (Å²) in [5.41, 5.74) is 0. The standard InChI is InChI=1S/C5H8O4.CH4/c1-8-4(6)3-5(7)9-2;/h3H2,1-2H3;1H4. The molecule has 0 saturated carbocycles. The Hall–Kier alpha value is -1.06. The number of hydrogen-bond donors (Lipinski definition) is 0. The number of carbonyl (C=O) groups excluding carboxylic acids is 2. The number of rotatable bonds is 2. The molecule has 0 amide bonds. The van der Waals surface area contributed by atoms with Gasteiger partial charge in [-0.15, -0.1) is 0 Å². The number of hydrogen-bond acceptors (Lipinski definition) is 4. The Kier molecular flexibility index (Phi) is 7.10. The van der Waals surface area contributed by atoms with E-state index in [0.29, 0.717) is 0 Å². The van der Waals surface area contributed by atoms with Crippen LogP contribution in [-0.2, 0) is 19.1 Å². The van der Waals surface area contributed by atoms with Crippen LogP contribution in [0.2, 0.25) is 0 Å². The van der Waals surface area contributed by atoms with Gasteiger partial charge in [-0.25, -0.2) is 0 Å². The van der Waals surface area contributed by atoms with Crippen molar-refractivity contribution in [1.82, 2.24) is 0 Å². The van der Waals surface area contributed by atoms with Gasteiger partial charge in [0.1, 0.15) is 6.42 Å². The van der Waals surface area contributed by atoms with Crippen molar-refractivity contribution >= 4 is 11.9 Å². The van der Waals surface area contributed by atoms with E-state index >= 15 is 0 Å². The van der Waals surface area contributed by atoms with Gasteiger partial charge in [0, 0.05) is 0 Å². The van der Waals surface area contributed by atoms with Crippen LogP contribution in [0.1, 0.15) is 13.8 Å². The summed E-state index contributed by atoms with van der Waals surface area (Å²) >= 11 is 0. The lowest BCUT2D eigenvalue weighted by molar-refractivity contribution is -0.151. The lowest BCUT2D eigenvalue weighted by Gasteiger charge is -1.95. The predicted octanol–water partition coefficient (Wildman–Crippen LogP) is 0.359. The van der Waals surface area contributed by atoms with Crippen LogP contribution in [0.5, 0.6) is 0 Å². The minimum absolute atomic E-state index is 0. The zero-order valence-corrected chi connectivity index (χ0v) is 5.34. The molecule has 0 spiro atoms. The molecule has 0 unspecified atom stereocenters. The van der Waals surface area contributed by atoms with E-state index in [2.05, 4.69) is 9.47 Å². The molecule has 4 heteroatoms. The highest BCUT2D eigenvalue weighted by Gasteiger charge is 2.07. The fourth-order valence-electron chi connectivity index (χ4n) is 0.262. The molecule has 0 aromatic carbocycles. The number of ether oxygens (including phenoxy) is 2. The summed E-state index contributed by atoms with van der Waals surface area (Å²) in [6, 6.07) is 0.